The minimum absolute atomic E-state index is 0.719. The lowest BCUT2D eigenvalue weighted by atomic mass is 9.80. The molecule has 0 saturated heterocycles. The van der Waals surface area contributed by atoms with E-state index in [1.54, 1.807) is 0 Å². The maximum atomic E-state index is 2.41. The Morgan fingerprint density at radius 3 is 1.79 bits per heavy atom. The van der Waals surface area contributed by atoms with Crippen LogP contribution in [0.2, 0.25) is 0 Å². The molecule has 0 aromatic heterocycles. The highest BCUT2D eigenvalue weighted by Crippen LogP contribution is 2.26. The number of nitrogens with zero attached hydrogens (tertiary/aromatic N) is 1. The van der Waals surface area contributed by atoms with Crippen LogP contribution in [0.5, 0.6) is 0 Å². The van der Waals surface area contributed by atoms with E-state index in [0.29, 0.717) is 0 Å². The van der Waals surface area contributed by atoms with Gasteiger partial charge >= 0.3 is 0 Å². The number of hydrogen-bond acceptors (Lipinski definition) is 1. The van der Waals surface area contributed by atoms with E-state index in [-0.39, 0.29) is 0 Å². The average Bonchev–Trinajstić information content (AvgIpc) is 2.03. The van der Waals surface area contributed by atoms with Gasteiger partial charge in [-0.3, -0.25) is 0 Å². The number of hydrogen-bond donors (Lipinski definition) is 0. The van der Waals surface area contributed by atoms with Crippen LogP contribution in [0.25, 0.3) is 0 Å². The van der Waals surface area contributed by atoms with Gasteiger partial charge in [-0.05, 0) is 31.8 Å². The molecule has 0 rings (SSSR count). The summed E-state index contributed by atoms with van der Waals surface area (Å²) in [6, 6.07) is 0.719. The molecule has 0 N–H and O–H groups in total. The molecule has 0 aliphatic rings. The molecule has 0 heterocycles. The standard InChI is InChI=1S/C13H29N/c1-8-9-11(4)12(5)13(10(2)3)14(6)7/h10-13H,8-9H2,1-7H3. The van der Waals surface area contributed by atoms with Crippen molar-refractivity contribution in [2.45, 2.75) is 53.5 Å². The minimum Gasteiger partial charge on any atom is -0.306 e. The van der Waals surface area contributed by atoms with Crippen LogP contribution in [-0.2, 0) is 0 Å². The molecule has 14 heavy (non-hydrogen) atoms. The first-order valence-electron chi connectivity index (χ1n) is 6.08. The third-order valence-corrected chi connectivity index (χ3v) is 3.46. The molecule has 0 aromatic rings. The van der Waals surface area contributed by atoms with Gasteiger partial charge in [-0.1, -0.05) is 47.5 Å². The molecule has 3 unspecified atom stereocenters. The van der Waals surface area contributed by atoms with Gasteiger partial charge in [0.1, 0.15) is 0 Å². The zero-order valence-corrected chi connectivity index (χ0v) is 11.2. The Labute approximate surface area is 90.9 Å². The molecule has 0 aliphatic heterocycles. The molecular formula is C13H29N. The Morgan fingerprint density at radius 2 is 1.50 bits per heavy atom. The van der Waals surface area contributed by atoms with E-state index in [4.69, 9.17) is 0 Å². The van der Waals surface area contributed by atoms with Gasteiger partial charge in [0.15, 0.2) is 0 Å². The topological polar surface area (TPSA) is 3.24 Å². The summed E-state index contributed by atoms with van der Waals surface area (Å²) in [5.74, 6) is 2.39. The third kappa shape index (κ3) is 4.00. The molecule has 1 heteroatoms. The lowest BCUT2D eigenvalue weighted by Gasteiger charge is -2.36. The normalized spacial score (nSPS) is 18.6. The fourth-order valence-corrected chi connectivity index (χ4v) is 2.73. The van der Waals surface area contributed by atoms with Gasteiger partial charge in [-0.2, -0.15) is 0 Å². The molecule has 0 aliphatic carbocycles. The van der Waals surface area contributed by atoms with Gasteiger partial charge in [-0.25, -0.2) is 0 Å². The molecule has 0 bridgehead atoms. The summed E-state index contributed by atoms with van der Waals surface area (Å²) in [6.07, 6.45) is 2.67. The van der Waals surface area contributed by atoms with Crippen LogP contribution < -0.4 is 0 Å². The lowest BCUT2D eigenvalue weighted by Crippen LogP contribution is -2.40. The van der Waals surface area contributed by atoms with Crippen LogP contribution in [-0.4, -0.2) is 25.0 Å². The van der Waals surface area contributed by atoms with Crippen LogP contribution in [0.1, 0.15) is 47.5 Å². The minimum atomic E-state index is 0.719. The van der Waals surface area contributed by atoms with E-state index in [1.807, 2.05) is 0 Å². The van der Waals surface area contributed by atoms with Crippen LogP contribution >= 0.6 is 0 Å². The highest BCUT2D eigenvalue weighted by Gasteiger charge is 2.26. The summed E-state index contributed by atoms with van der Waals surface area (Å²) in [7, 11) is 4.42. The van der Waals surface area contributed by atoms with Gasteiger partial charge in [0.2, 0.25) is 0 Å². The molecule has 1 nitrogen and oxygen atoms in total. The maximum Gasteiger partial charge on any atom is 0.0140 e. The second kappa shape index (κ2) is 6.44. The molecule has 0 fully saturated rings. The van der Waals surface area contributed by atoms with Gasteiger partial charge in [0.25, 0.3) is 0 Å². The Bertz CT molecular complexity index is 132. The Morgan fingerprint density at radius 1 is 1.00 bits per heavy atom. The smallest absolute Gasteiger partial charge is 0.0140 e. The summed E-state index contributed by atoms with van der Waals surface area (Å²) in [6.45, 7) is 11.8. The van der Waals surface area contributed by atoms with Crippen molar-refractivity contribution in [3.63, 3.8) is 0 Å². The van der Waals surface area contributed by atoms with Gasteiger partial charge in [-0.15, -0.1) is 0 Å². The van der Waals surface area contributed by atoms with Gasteiger partial charge < -0.3 is 4.90 Å². The fraction of sp³-hybridized carbons (Fsp3) is 1.00. The molecule has 0 aromatic carbocycles. The highest BCUT2D eigenvalue weighted by molar-refractivity contribution is 4.79. The summed E-state index contributed by atoms with van der Waals surface area (Å²) in [5, 5.41) is 0. The highest BCUT2D eigenvalue weighted by atomic mass is 15.1. The van der Waals surface area contributed by atoms with Gasteiger partial charge in [0.05, 0.1) is 0 Å². The van der Waals surface area contributed by atoms with Crippen LogP contribution in [0.15, 0.2) is 0 Å². The lowest BCUT2D eigenvalue weighted by molar-refractivity contribution is 0.127. The first-order valence-corrected chi connectivity index (χ1v) is 6.08. The van der Waals surface area contributed by atoms with Crippen LogP contribution in [0.3, 0.4) is 0 Å². The largest absolute Gasteiger partial charge is 0.306 e. The second-order valence-corrected chi connectivity index (χ2v) is 5.32. The van der Waals surface area contributed by atoms with Crippen molar-refractivity contribution in [2.24, 2.45) is 17.8 Å². The van der Waals surface area contributed by atoms with Crippen molar-refractivity contribution in [3.8, 4) is 0 Å². The summed E-state index contributed by atoms with van der Waals surface area (Å²) >= 11 is 0. The van der Waals surface area contributed by atoms with E-state index < -0.39 is 0 Å². The quantitative estimate of drug-likeness (QED) is 0.631. The van der Waals surface area contributed by atoms with Crippen molar-refractivity contribution in [3.05, 3.63) is 0 Å². The predicted octanol–water partition coefficient (Wildman–Crippen LogP) is 3.64. The second-order valence-electron chi connectivity index (χ2n) is 5.32. The molecule has 3 atom stereocenters. The van der Waals surface area contributed by atoms with E-state index in [0.717, 1.165) is 23.8 Å². The van der Waals surface area contributed by atoms with Crippen molar-refractivity contribution >= 4 is 0 Å². The van der Waals surface area contributed by atoms with Crippen molar-refractivity contribution in [1.82, 2.24) is 4.90 Å². The first-order chi connectivity index (χ1) is 6.41. The summed E-state index contributed by atoms with van der Waals surface area (Å²) in [5.41, 5.74) is 0. The summed E-state index contributed by atoms with van der Waals surface area (Å²) < 4.78 is 0. The monoisotopic (exact) mass is 199 g/mol. The van der Waals surface area contributed by atoms with Crippen LogP contribution in [0, 0.1) is 17.8 Å². The first kappa shape index (κ1) is 14.0. The predicted molar refractivity (Wildman–Crippen MR) is 65.5 cm³/mol. The van der Waals surface area contributed by atoms with Gasteiger partial charge in [0, 0.05) is 6.04 Å². The van der Waals surface area contributed by atoms with E-state index in [9.17, 15) is 0 Å². The van der Waals surface area contributed by atoms with Crippen molar-refractivity contribution in [2.75, 3.05) is 14.1 Å². The van der Waals surface area contributed by atoms with E-state index in [1.165, 1.54) is 12.8 Å². The molecule has 0 radical (unpaired) electrons. The molecule has 0 saturated carbocycles. The average molecular weight is 199 g/mol. The molecule has 0 amide bonds. The van der Waals surface area contributed by atoms with Crippen molar-refractivity contribution in [1.29, 1.82) is 0 Å². The Kier molecular flexibility index (Phi) is 6.43. The Balaban J connectivity index is 4.35. The van der Waals surface area contributed by atoms with Crippen LogP contribution in [0.4, 0.5) is 0 Å². The SMILES string of the molecule is CCCC(C)C(C)C(C(C)C)N(C)C. The molecule has 86 valence electrons. The van der Waals surface area contributed by atoms with E-state index >= 15 is 0 Å². The van der Waals surface area contributed by atoms with Crippen molar-refractivity contribution < 1.29 is 0 Å². The van der Waals surface area contributed by atoms with E-state index in [2.05, 4.69) is 53.6 Å². The zero-order chi connectivity index (χ0) is 11.3. The molecule has 0 spiro atoms. The number of rotatable bonds is 6. The Hall–Kier alpha value is -0.0400. The maximum absolute atomic E-state index is 2.41. The zero-order valence-electron chi connectivity index (χ0n) is 11.2. The summed E-state index contributed by atoms with van der Waals surface area (Å²) in [4.78, 5) is 2.39. The molecular weight excluding hydrogens is 170 g/mol. The fourth-order valence-electron chi connectivity index (χ4n) is 2.73. The third-order valence-electron chi connectivity index (χ3n) is 3.46.